The second-order valence-electron chi connectivity index (χ2n) is 3.35. The Bertz CT molecular complexity index is 210. The first-order valence-electron chi connectivity index (χ1n) is 4.00. The summed E-state index contributed by atoms with van der Waals surface area (Å²) in [5.74, 6) is -0.213. The number of esters is 1. The van der Waals surface area contributed by atoms with Gasteiger partial charge in [-0.3, -0.25) is 0 Å². The molecule has 1 unspecified atom stereocenters. The molecule has 0 bridgehead atoms. The SMILES string of the molecule is COC(=O)C1OC12CC(SC)C2. The third-order valence-corrected chi connectivity index (χ3v) is 3.67. The van der Waals surface area contributed by atoms with Gasteiger partial charge in [-0.05, 0) is 19.1 Å². The Kier molecular flexibility index (Phi) is 1.84. The normalized spacial score (nSPS) is 43.8. The molecule has 1 saturated heterocycles. The molecule has 12 heavy (non-hydrogen) atoms. The van der Waals surface area contributed by atoms with Crippen molar-refractivity contribution in [2.24, 2.45) is 0 Å². The van der Waals surface area contributed by atoms with E-state index in [1.807, 2.05) is 11.8 Å². The van der Waals surface area contributed by atoms with E-state index in [0.29, 0.717) is 5.25 Å². The van der Waals surface area contributed by atoms with E-state index < -0.39 is 0 Å². The van der Waals surface area contributed by atoms with E-state index in [1.54, 1.807) is 0 Å². The van der Waals surface area contributed by atoms with Crippen molar-refractivity contribution in [2.45, 2.75) is 29.8 Å². The number of methoxy groups -OCH3 is 1. The largest absolute Gasteiger partial charge is 0.467 e. The molecule has 1 aliphatic heterocycles. The molecule has 0 aromatic carbocycles. The van der Waals surface area contributed by atoms with Crippen LogP contribution in [0.5, 0.6) is 0 Å². The third-order valence-electron chi connectivity index (χ3n) is 2.67. The lowest BCUT2D eigenvalue weighted by molar-refractivity contribution is -0.142. The number of rotatable bonds is 2. The molecule has 2 rings (SSSR count). The van der Waals surface area contributed by atoms with Crippen LogP contribution in [0.15, 0.2) is 0 Å². The second-order valence-corrected chi connectivity index (χ2v) is 4.49. The van der Waals surface area contributed by atoms with E-state index in [0.717, 1.165) is 12.8 Å². The molecule has 1 atom stereocenters. The number of hydrogen-bond acceptors (Lipinski definition) is 4. The Morgan fingerprint density at radius 3 is 2.83 bits per heavy atom. The van der Waals surface area contributed by atoms with Gasteiger partial charge in [0.2, 0.25) is 0 Å². The number of ether oxygens (including phenoxy) is 2. The molecule has 1 aliphatic carbocycles. The molecular weight excluding hydrogens is 176 g/mol. The van der Waals surface area contributed by atoms with Crippen LogP contribution in [0.2, 0.25) is 0 Å². The van der Waals surface area contributed by atoms with Gasteiger partial charge in [-0.1, -0.05) is 0 Å². The Morgan fingerprint density at radius 2 is 2.33 bits per heavy atom. The van der Waals surface area contributed by atoms with Crippen molar-refractivity contribution >= 4 is 17.7 Å². The Labute approximate surface area is 75.8 Å². The Hall–Kier alpha value is -0.220. The van der Waals surface area contributed by atoms with Crippen LogP contribution in [0.25, 0.3) is 0 Å². The van der Waals surface area contributed by atoms with Crippen molar-refractivity contribution in [2.75, 3.05) is 13.4 Å². The summed E-state index contributed by atoms with van der Waals surface area (Å²) in [5, 5.41) is 0.680. The monoisotopic (exact) mass is 188 g/mol. The fourth-order valence-electron chi connectivity index (χ4n) is 1.76. The minimum Gasteiger partial charge on any atom is -0.467 e. The predicted molar refractivity (Wildman–Crippen MR) is 46.2 cm³/mol. The van der Waals surface area contributed by atoms with Gasteiger partial charge in [0.25, 0.3) is 0 Å². The zero-order valence-corrected chi connectivity index (χ0v) is 8.02. The second kappa shape index (κ2) is 2.64. The summed E-state index contributed by atoms with van der Waals surface area (Å²) in [6.45, 7) is 0. The molecule has 68 valence electrons. The fourth-order valence-corrected chi connectivity index (χ4v) is 2.66. The topological polar surface area (TPSA) is 38.8 Å². The number of carbonyl (C=O) groups excluding carboxylic acids is 1. The Balaban J connectivity index is 1.85. The van der Waals surface area contributed by atoms with E-state index in [9.17, 15) is 4.79 Å². The molecule has 1 heterocycles. The van der Waals surface area contributed by atoms with E-state index in [4.69, 9.17) is 4.74 Å². The van der Waals surface area contributed by atoms with Crippen LogP contribution in [-0.4, -0.2) is 36.3 Å². The average Bonchev–Trinajstić information content (AvgIpc) is 2.75. The van der Waals surface area contributed by atoms with Gasteiger partial charge in [-0.15, -0.1) is 0 Å². The van der Waals surface area contributed by atoms with Crippen LogP contribution in [-0.2, 0) is 14.3 Å². The van der Waals surface area contributed by atoms with Crippen molar-refractivity contribution in [3.05, 3.63) is 0 Å². The summed E-state index contributed by atoms with van der Waals surface area (Å²) in [6.07, 6.45) is 3.85. The third kappa shape index (κ3) is 1.05. The van der Waals surface area contributed by atoms with Gasteiger partial charge in [0.05, 0.1) is 7.11 Å². The average molecular weight is 188 g/mol. The van der Waals surface area contributed by atoms with Crippen LogP contribution < -0.4 is 0 Å². The lowest BCUT2D eigenvalue weighted by atomic mass is 9.81. The number of hydrogen-bond donors (Lipinski definition) is 0. The van der Waals surface area contributed by atoms with Gasteiger partial charge in [0.1, 0.15) is 5.60 Å². The summed E-state index contributed by atoms with van der Waals surface area (Å²) in [5.41, 5.74) is -0.110. The number of carbonyl (C=O) groups is 1. The molecule has 4 heteroatoms. The lowest BCUT2D eigenvalue weighted by Gasteiger charge is -2.31. The van der Waals surface area contributed by atoms with E-state index in [1.165, 1.54) is 7.11 Å². The molecule has 2 fully saturated rings. The van der Waals surface area contributed by atoms with Gasteiger partial charge in [-0.25, -0.2) is 4.79 Å². The minimum atomic E-state index is -0.258. The van der Waals surface area contributed by atoms with E-state index in [-0.39, 0.29) is 17.7 Å². The summed E-state index contributed by atoms with van der Waals surface area (Å²) in [6, 6.07) is 0. The lowest BCUT2D eigenvalue weighted by Crippen LogP contribution is -2.38. The zero-order valence-electron chi connectivity index (χ0n) is 7.20. The zero-order chi connectivity index (χ0) is 8.77. The maximum absolute atomic E-state index is 11.0. The van der Waals surface area contributed by atoms with Crippen molar-refractivity contribution in [3.8, 4) is 0 Å². The van der Waals surface area contributed by atoms with Gasteiger partial charge in [-0.2, -0.15) is 11.8 Å². The van der Waals surface area contributed by atoms with Crippen molar-refractivity contribution in [1.29, 1.82) is 0 Å². The highest BCUT2D eigenvalue weighted by atomic mass is 32.2. The molecule has 0 N–H and O–H groups in total. The Morgan fingerprint density at radius 1 is 1.67 bits per heavy atom. The highest BCUT2D eigenvalue weighted by Crippen LogP contribution is 2.55. The van der Waals surface area contributed by atoms with Crippen LogP contribution in [0.4, 0.5) is 0 Å². The summed E-state index contributed by atoms with van der Waals surface area (Å²) in [4.78, 5) is 11.0. The molecule has 0 aromatic rings. The highest BCUT2D eigenvalue weighted by molar-refractivity contribution is 7.99. The number of epoxide rings is 1. The van der Waals surface area contributed by atoms with Crippen LogP contribution in [0.3, 0.4) is 0 Å². The quantitative estimate of drug-likeness (QED) is 0.475. The first-order chi connectivity index (χ1) is 5.72. The molecule has 0 radical (unpaired) electrons. The summed E-state index contributed by atoms with van der Waals surface area (Å²) < 4.78 is 9.94. The first kappa shape index (κ1) is 8.38. The standard InChI is InChI=1S/C8H12O3S/c1-10-7(9)6-8(11-6)3-5(4-8)12-2/h5-6H,3-4H2,1-2H3. The van der Waals surface area contributed by atoms with Crippen molar-refractivity contribution in [3.63, 3.8) is 0 Å². The molecule has 2 aliphatic rings. The number of thioether (sulfide) groups is 1. The maximum atomic E-state index is 11.0. The molecule has 1 saturated carbocycles. The van der Waals surface area contributed by atoms with Gasteiger partial charge in [0, 0.05) is 5.25 Å². The van der Waals surface area contributed by atoms with Gasteiger partial charge >= 0.3 is 5.97 Å². The molecule has 0 amide bonds. The first-order valence-corrected chi connectivity index (χ1v) is 5.29. The maximum Gasteiger partial charge on any atom is 0.338 e. The van der Waals surface area contributed by atoms with Crippen molar-refractivity contribution in [1.82, 2.24) is 0 Å². The molecule has 3 nitrogen and oxygen atoms in total. The minimum absolute atomic E-state index is 0.110. The van der Waals surface area contributed by atoms with Crippen molar-refractivity contribution < 1.29 is 14.3 Å². The summed E-state index contributed by atoms with van der Waals surface area (Å²) >= 11 is 1.84. The smallest absolute Gasteiger partial charge is 0.338 e. The van der Waals surface area contributed by atoms with E-state index in [2.05, 4.69) is 11.0 Å². The van der Waals surface area contributed by atoms with Crippen LogP contribution >= 0.6 is 11.8 Å². The fraction of sp³-hybridized carbons (Fsp3) is 0.875. The van der Waals surface area contributed by atoms with Gasteiger partial charge in [0.15, 0.2) is 6.10 Å². The molecule has 1 spiro atoms. The summed E-state index contributed by atoms with van der Waals surface area (Å²) in [7, 11) is 1.41. The highest BCUT2D eigenvalue weighted by Gasteiger charge is 2.67. The predicted octanol–water partition coefficient (Wildman–Crippen LogP) is 0.822. The van der Waals surface area contributed by atoms with E-state index >= 15 is 0 Å². The van der Waals surface area contributed by atoms with Crippen LogP contribution in [0, 0.1) is 0 Å². The molecular formula is C8H12O3S. The van der Waals surface area contributed by atoms with Gasteiger partial charge < -0.3 is 9.47 Å². The van der Waals surface area contributed by atoms with Crippen LogP contribution in [0.1, 0.15) is 12.8 Å². The molecule has 0 aromatic heterocycles.